The van der Waals surface area contributed by atoms with Crippen molar-refractivity contribution < 1.29 is 13.2 Å². The predicted octanol–water partition coefficient (Wildman–Crippen LogP) is 2.03. The maximum atomic E-state index is 11.4. The van der Waals surface area contributed by atoms with Gasteiger partial charge in [-0.2, -0.15) is 0 Å². The Morgan fingerprint density at radius 3 is 2.45 bits per heavy atom. The molecule has 170 valence electrons. The van der Waals surface area contributed by atoms with E-state index in [1.165, 1.54) is 12.7 Å². The summed E-state index contributed by atoms with van der Waals surface area (Å²) in [5.74, 6) is 1.14. The lowest BCUT2D eigenvalue weighted by Gasteiger charge is -2.52. The summed E-state index contributed by atoms with van der Waals surface area (Å²) in [5, 5.41) is 7.24. The molecule has 0 aromatic heterocycles. The number of ether oxygens (including phenoxy) is 1. The molecular formula is C21H42N4O3S. The molecule has 0 amide bonds. The van der Waals surface area contributed by atoms with Crippen molar-refractivity contribution >= 4 is 15.8 Å². The van der Waals surface area contributed by atoms with Gasteiger partial charge >= 0.3 is 0 Å². The van der Waals surface area contributed by atoms with Gasteiger partial charge in [0.05, 0.1) is 11.9 Å². The van der Waals surface area contributed by atoms with E-state index in [0.29, 0.717) is 24.7 Å². The van der Waals surface area contributed by atoms with Crippen molar-refractivity contribution in [3.05, 3.63) is 0 Å². The molecule has 1 saturated carbocycles. The van der Waals surface area contributed by atoms with Crippen molar-refractivity contribution in [3.63, 3.8) is 0 Å². The van der Waals surface area contributed by atoms with Gasteiger partial charge in [-0.25, -0.2) is 8.42 Å². The molecule has 1 aliphatic carbocycles. The van der Waals surface area contributed by atoms with E-state index in [1.54, 1.807) is 0 Å². The zero-order valence-corrected chi connectivity index (χ0v) is 19.9. The highest BCUT2D eigenvalue weighted by atomic mass is 32.2. The molecule has 0 spiro atoms. The minimum atomic E-state index is -2.89. The molecule has 2 rings (SSSR count). The molecular weight excluding hydrogens is 388 g/mol. The summed E-state index contributed by atoms with van der Waals surface area (Å²) in [4.78, 5) is 6.90. The second-order valence-corrected chi connectivity index (χ2v) is 11.4. The number of nitrogens with zero attached hydrogens (tertiary/aromatic N) is 2. The first-order valence-corrected chi connectivity index (χ1v) is 13.3. The lowest BCUT2D eigenvalue weighted by Crippen LogP contribution is -2.64. The molecule has 0 radical (unpaired) electrons. The number of rotatable bonds is 10. The number of guanidine groups is 1. The molecule has 2 unspecified atom stereocenters. The Kier molecular flexibility index (Phi) is 9.22. The van der Waals surface area contributed by atoms with E-state index in [1.807, 2.05) is 0 Å². The smallest absolute Gasteiger partial charge is 0.191 e. The van der Waals surface area contributed by atoms with E-state index < -0.39 is 9.84 Å². The SMILES string of the molecule is CCCCOC1CC(NC(=NCC)NC2CCN(CCS(C)(=O)=O)CC2)C1(C)C. The van der Waals surface area contributed by atoms with Gasteiger partial charge in [0, 0.05) is 56.5 Å². The zero-order valence-electron chi connectivity index (χ0n) is 19.0. The lowest BCUT2D eigenvalue weighted by atomic mass is 9.64. The molecule has 0 aromatic carbocycles. The Bertz CT molecular complexity index is 628. The molecule has 8 heteroatoms. The third-order valence-electron chi connectivity index (χ3n) is 6.33. The van der Waals surface area contributed by atoms with Crippen LogP contribution in [0.2, 0.25) is 0 Å². The third-order valence-corrected chi connectivity index (χ3v) is 7.25. The molecule has 1 aliphatic heterocycles. The van der Waals surface area contributed by atoms with Crippen LogP contribution < -0.4 is 10.6 Å². The van der Waals surface area contributed by atoms with Gasteiger partial charge in [0.25, 0.3) is 0 Å². The van der Waals surface area contributed by atoms with Crippen LogP contribution in [-0.4, -0.2) is 82.3 Å². The minimum Gasteiger partial charge on any atom is -0.378 e. The minimum absolute atomic E-state index is 0.0962. The Balaban J connectivity index is 1.78. The number of hydrogen-bond acceptors (Lipinski definition) is 5. The fraction of sp³-hybridized carbons (Fsp3) is 0.952. The summed E-state index contributed by atoms with van der Waals surface area (Å²) >= 11 is 0. The summed E-state index contributed by atoms with van der Waals surface area (Å²) < 4.78 is 28.8. The Hall–Kier alpha value is -0.860. The number of unbranched alkanes of at least 4 members (excludes halogenated alkanes) is 1. The van der Waals surface area contributed by atoms with Gasteiger partial charge < -0.3 is 20.3 Å². The Labute approximate surface area is 178 Å². The first-order chi connectivity index (χ1) is 13.7. The third kappa shape index (κ3) is 7.72. The van der Waals surface area contributed by atoms with E-state index in [9.17, 15) is 8.42 Å². The van der Waals surface area contributed by atoms with Gasteiger partial charge in [-0.15, -0.1) is 0 Å². The molecule has 7 nitrogen and oxygen atoms in total. The van der Waals surface area contributed by atoms with Gasteiger partial charge in [0.1, 0.15) is 9.84 Å². The fourth-order valence-corrected chi connectivity index (χ4v) is 4.62. The summed E-state index contributed by atoms with van der Waals surface area (Å²) in [5.41, 5.74) is 0.0962. The monoisotopic (exact) mass is 430 g/mol. The van der Waals surface area contributed by atoms with E-state index in [4.69, 9.17) is 4.74 Å². The predicted molar refractivity (Wildman–Crippen MR) is 120 cm³/mol. The Morgan fingerprint density at radius 1 is 1.21 bits per heavy atom. The molecule has 29 heavy (non-hydrogen) atoms. The van der Waals surface area contributed by atoms with Crippen LogP contribution in [0.4, 0.5) is 0 Å². The van der Waals surface area contributed by atoms with Gasteiger partial charge in [-0.1, -0.05) is 27.2 Å². The fourth-order valence-electron chi connectivity index (χ4n) is 4.03. The van der Waals surface area contributed by atoms with Crippen LogP contribution in [0.3, 0.4) is 0 Å². The van der Waals surface area contributed by atoms with Crippen LogP contribution in [0.15, 0.2) is 4.99 Å². The van der Waals surface area contributed by atoms with Crippen molar-refractivity contribution in [2.75, 3.05) is 44.8 Å². The molecule has 1 heterocycles. The largest absolute Gasteiger partial charge is 0.378 e. The van der Waals surface area contributed by atoms with Crippen LogP contribution >= 0.6 is 0 Å². The zero-order chi connectivity index (χ0) is 21.5. The van der Waals surface area contributed by atoms with Crippen molar-refractivity contribution in [2.24, 2.45) is 10.4 Å². The number of likely N-dealkylation sites (tertiary alicyclic amines) is 1. The van der Waals surface area contributed by atoms with Crippen LogP contribution in [0.1, 0.15) is 59.8 Å². The normalized spacial score (nSPS) is 26.2. The Morgan fingerprint density at radius 2 is 1.90 bits per heavy atom. The average Bonchev–Trinajstić information content (AvgIpc) is 2.65. The first kappa shape index (κ1) is 24.4. The molecule has 0 bridgehead atoms. The molecule has 2 aliphatic rings. The lowest BCUT2D eigenvalue weighted by molar-refractivity contribution is -0.113. The highest BCUT2D eigenvalue weighted by Crippen LogP contribution is 2.42. The van der Waals surface area contributed by atoms with Gasteiger partial charge in [0.2, 0.25) is 0 Å². The van der Waals surface area contributed by atoms with Crippen LogP contribution in [0, 0.1) is 5.41 Å². The molecule has 2 N–H and O–H groups in total. The van der Waals surface area contributed by atoms with E-state index in [-0.39, 0.29) is 11.2 Å². The van der Waals surface area contributed by atoms with Crippen molar-refractivity contribution in [1.29, 1.82) is 0 Å². The van der Waals surface area contributed by atoms with Gasteiger partial charge in [-0.05, 0) is 32.6 Å². The van der Waals surface area contributed by atoms with E-state index in [2.05, 4.69) is 48.2 Å². The van der Waals surface area contributed by atoms with Gasteiger partial charge in [-0.3, -0.25) is 4.99 Å². The number of nitrogens with one attached hydrogen (secondary N) is 2. The summed E-state index contributed by atoms with van der Waals surface area (Å²) in [6.07, 6.45) is 6.94. The van der Waals surface area contributed by atoms with Gasteiger partial charge in [0.15, 0.2) is 5.96 Å². The van der Waals surface area contributed by atoms with Crippen LogP contribution in [0.5, 0.6) is 0 Å². The maximum absolute atomic E-state index is 11.4. The summed E-state index contributed by atoms with van der Waals surface area (Å²) in [7, 11) is -2.89. The van der Waals surface area contributed by atoms with Crippen molar-refractivity contribution in [1.82, 2.24) is 15.5 Å². The quantitative estimate of drug-likeness (QED) is 0.313. The van der Waals surface area contributed by atoms with Crippen molar-refractivity contribution in [2.45, 2.75) is 78.0 Å². The molecule has 1 saturated heterocycles. The molecule has 2 fully saturated rings. The number of piperidine rings is 1. The number of sulfone groups is 1. The number of aliphatic imine (C=N–C) groups is 1. The standard InChI is InChI=1S/C21H42N4O3S/c1-6-8-14-28-19-16-18(21(19,3)4)24-20(22-7-2)23-17-9-11-25(12-10-17)13-15-29(5,26)27/h17-19H,6-16H2,1-5H3,(H2,22,23,24). The second-order valence-electron chi connectivity index (χ2n) is 9.18. The van der Waals surface area contributed by atoms with Crippen LogP contribution in [-0.2, 0) is 14.6 Å². The molecule has 0 aromatic rings. The first-order valence-electron chi connectivity index (χ1n) is 11.2. The van der Waals surface area contributed by atoms with Crippen LogP contribution in [0.25, 0.3) is 0 Å². The topological polar surface area (TPSA) is 83.0 Å². The maximum Gasteiger partial charge on any atom is 0.191 e. The number of hydrogen-bond donors (Lipinski definition) is 2. The average molecular weight is 431 g/mol. The highest BCUT2D eigenvalue weighted by Gasteiger charge is 2.49. The second kappa shape index (κ2) is 11.0. The van der Waals surface area contributed by atoms with E-state index >= 15 is 0 Å². The van der Waals surface area contributed by atoms with Crippen molar-refractivity contribution in [3.8, 4) is 0 Å². The summed E-state index contributed by atoms with van der Waals surface area (Å²) in [6.45, 7) is 12.9. The van der Waals surface area contributed by atoms with E-state index in [0.717, 1.165) is 57.9 Å². The summed E-state index contributed by atoms with van der Waals surface area (Å²) in [6, 6.07) is 0.740. The highest BCUT2D eigenvalue weighted by molar-refractivity contribution is 7.90. The molecule has 2 atom stereocenters.